The number of nitrogens with zero attached hydrogens (tertiary/aromatic N) is 2. The second-order valence-corrected chi connectivity index (χ2v) is 4.80. The molecule has 1 saturated carbocycles. The lowest BCUT2D eigenvalue weighted by Gasteiger charge is -2.21. The van der Waals surface area contributed by atoms with Crippen molar-refractivity contribution in [2.45, 2.75) is 38.5 Å². The van der Waals surface area contributed by atoms with Gasteiger partial charge in [-0.3, -0.25) is 0 Å². The van der Waals surface area contributed by atoms with Gasteiger partial charge in [0.1, 0.15) is 0 Å². The lowest BCUT2D eigenvalue weighted by molar-refractivity contribution is 0.200. The minimum atomic E-state index is -0.448. The summed E-state index contributed by atoms with van der Waals surface area (Å²) in [5, 5.41) is 6.16. The fraction of sp³-hybridized carbons (Fsp3) is 0.909. The maximum atomic E-state index is 11.5. The van der Waals surface area contributed by atoms with E-state index in [2.05, 4.69) is 10.6 Å². The van der Waals surface area contributed by atoms with Crippen molar-refractivity contribution in [2.75, 3.05) is 19.0 Å². The number of carbonyl (C=O) groups excluding carboxylic acids is 1. The van der Waals surface area contributed by atoms with Gasteiger partial charge in [0.05, 0.1) is 11.8 Å². The van der Waals surface area contributed by atoms with Crippen molar-refractivity contribution in [3.05, 3.63) is 4.91 Å². The largest absolute Gasteiger partial charge is 0.340 e. The highest BCUT2D eigenvalue weighted by atomic mass is 35.5. The number of hydrogen-bond acceptors (Lipinski definition) is 3. The third kappa shape index (κ3) is 5.35. The number of carbonyl (C=O) groups is 1. The van der Waals surface area contributed by atoms with Crippen LogP contribution in [0, 0.1) is 10.8 Å². The van der Waals surface area contributed by atoms with Crippen molar-refractivity contribution in [3.63, 3.8) is 0 Å². The Labute approximate surface area is 107 Å². The van der Waals surface area contributed by atoms with Crippen LogP contribution in [0.5, 0.6) is 0 Å². The Bertz CT molecular complexity index is 245. The Balaban J connectivity index is 2.15. The summed E-state index contributed by atoms with van der Waals surface area (Å²) in [7, 11) is 0. The van der Waals surface area contributed by atoms with Gasteiger partial charge in [-0.05, 0) is 12.3 Å². The van der Waals surface area contributed by atoms with Crippen LogP contribution in [0.3, 0.4) is 0 Å². The highest BCUT2D eigenvalue weighted by Gasteiger charge is 2.15. The smallest absolute Gasteiger partial charge is 0.336 e. The van der Waals surface area contributed by atoms with E-state index in [9.17, 15) is 9.70 Å². The molecule has 0 radical (unpaired) electrons. The van der Waals surface area contributed by atoms with Gasteiger partial charge in [-0.25, -0.2) is 4.79 Å². The molecule has 17 heavy (non-hydrogen) atoms. The zero-order valence-corrected chi connectivity index (χ0v) is 10.8. The summed E-state index contributed by atoms with van der Waals surface area (Å²) in [6, 6.07) is -0.448. The van der Waals surface area contributed by atoms with E-state index in [-0.39, 0.29) is 12.4 Å². The lowest BCUT2D eigenvalue weighted by atomic mass is 9.87. The van der Waals surface area contributed by atoms with Crippen LogP contribution >= 0.6 is 11.6 Å². The molecule has 98 valence electrons. The summed E-state index contributed by atoms with van der Waals surface area (Å²) in [6.07, 6.45) is 7.43. The molecule has 1 rings (SSSR count). The van der Waals surface area contributed by atoms with Gasteiger partial charge in [-0.1, -0.05) is 32.1 Å². The molecule has 0 atom stereocenters. The molecule has 0 aromatic rings. The third-order valence-corrected chi connectivity index (χ3v) is 3.35. The highest BCUT2D eigenvalue weighted by Crippen LogP contribution is 2.25. The monoisotopic (exact) mass is 260 g/mol. The van der Waals surface area contributed by atoms with E-state index in [4.69, 9.17) is 11.6 Å². The quantitative estimate of drug-likeness (QED) is 0.453. The average molecular weight is 261 g/mol. The van der Waals surface area contributed by atoms with Crippen LogP contribution in [0.25, 0.3) is 0 Å². The van der Waals surface area contributed by atoms with Crippen LogP contribution in [-0.2, 0) is 0 Å². The van der Waals surface area contributed by atoms with Crippen molar-refractivity contribution in [3.8, 4) is 0 Å². The Kier molecular flexibility index (Phi) is 6.93. The second-order valence-electron chi connectivity index (χ2n) is 4.42. The topological polar surface area (TPSA) is 61.8 Å². The van der Waals surface area contributed by atoms with Gasteiger partial charge in [-0.2, -0.15) is 5.01 Å². The van der Waals surface area contributed by atoms with Gasteiger partial charge < -0.3 is 5.32 Å². The van der Waals surface area contributed by atoms with Gasteiger partial charge >= 0.3 is 6.03 Å². The fourth-order valence-electron chi connectivity index (χ4n) is 2.21. The van der Waals surface area contributed by atoms with E-state index >= 15 is 0 Å². The number of amides is 2. The number of rotatable bonds is 6. The molecular weight excluding hydrogens is 241 g/mol. The minimum absolute atomic E-state index is 0.153. The summed E-state index contributed by atoms with van der Waals surface area (Å²) >= 11 is 5.45. The normalized spacial score (nSPS) is 16.5. The maximum absolute atomic E-state index is 11.5. The zero-order valence-electron chi connectivity index (χ0n) is 10.0. The molecule has 5 nitrogen and oxygen atoms in total. The number of hydrogen-bond donors (Lipinski definition) is 1. The summed E-state index contributed by atoms with van der Waals surface area (Å²) in [5.74, 6) is 0.927. The van der Waals surface area contributed by atoms with Crippen LogP contribution in [0.1, 0.15) is 38.5 Å². The Morgan fingerprint density at radius 3 is 2.65 bits per heavy atom. The molecule has 0 spiro atoms. The van der Waals surface area contributed by atoms with E-state index in [0.717, 1.165) is 17.3 Å². The Morgan fingerprint density at radius 1 is 1.35 bits per heavy atom. The summed E-state index contributed by atoms with van der Waals surface area (Å²) in [4.78, 5) is 21.8. The molecule has 1 aliphatic carbocycles. The van der Waals surface area contributed by atoms with Gasteiger partial charge in [-0.15, -0.1) is 16.5 Å². The third-order valence-electron chi connectivity index (χ3n) is 3.18. The Hall–Kier alpha value is -0.840. The number of halogens is 1. The van der Waals surface area contributed by atoms with Crippen molar-refractivity contribution in [1.82, 2.24) is 10.3 Å². The van der Waals surface area contributed by atoms with Crippen molar-refractivity contribution in [2.24, 2.45) is 11.2 Å². The molecular formula is C11H20ClN3O2. The summed E-state index contributed by atoms with van der Waals surface area (Å²) < 4.78 is 0. The maximum Gasteiger partial charge on any atom is 0.340 e. The van der Waals surface area contributed by atoms with Crippen LogP contribution in [-0.4, -0.2) is 30.0 Å². The van der Waals surface area contributed by atoms with E-state index in [1.165, 1.54) is 32.1 Å². The van der Waals surface area contributed by atoms with Gasteiger partial charge in [0.25, 0.3) is 0 Å². The average Bonchev–Trinajstić information content (AvgIpc) is 2.37. The molecule has 1 N–H and O–H groups in total. The molecule has 0 aliphatic heterocycles. The molecule has 0 aromatic heterocycles. The Morgan fingerprint density at radius 2 is 2.06 bits per heavy atom. The fourth-order valence-corrected chi connectivity index (χ4v) is 2.37. The molecule has 0 bridgehead atoms. The number of nitroso groups, excluding NO2 is 1. The first-order valence-corrected chi connectivity index (χ1v) is 6.76. The summed E-state index contributed by atoms with van der Waals surface area (Å²) in [5.41, 5.74) is 0. The van der Waals surface area contributed by atoms with Crippen LogP contribution in [0.15, 0.2) is 5.29 Å². The van der Waals surface area contributed by atoms with Crippen LogP contribution in [0.2, 0.25) is 0 Å². The molecule has 0 aromatic carbocycles. The van der Waals surface area contributed by atoms with E-state index < -0.39 is 6.03 Å². The molecule has 0 saturated heterocycles. The molecule has 0 unspecified atom stereocenters. The van der Waals surface area contributed by atoms with Crippen molar-refractivity contribution in [1.29, 1.82) is 0 Å². The van der Waals surface area contributed by atoms with Crippen LogP contribution in [0.4, 0.5) is 4.79 Å². The second kappa shape index (κ2) is 8.28. The predicted molar refractivity (Wildman–Crippen MR) is 67.8 cm³/mol. The summed E-state index contributed by atoms with van der Waals surface area (Å²) in [6.45, 7) is 0.762. The molecule has 2 amide bonds. The van der Waals surface area contributed by atoms with E-state index in [0.29, 0.717) is 6.54 Å². The van der Waals surface area contributed by atoms with E-state index in [1.54, 1.807) is 0 Å². The molecule has 1 fully saturated rings. The SMILES string of the molecule is O=NN(CCCl)[11C](=O)NCCC1CCCCC1. The van der Waals surface area contributed by atoms with Gasteiger partial charge in [0.15, 0.2) is 0 Å². The van der Waals surface area contributed by atoms with E-state index in [1.807, 2.05) is 0 Å². The first kappa shape index (κ1) is 14.2. The van der Waals surface area contributed by atoms with Crippen LogP contribution < -0.4 is 5.32 Å². The zero-order chi connectivity index (χ0) is 12.5. The standard InChI is InChI=1S/C11H20ClN3O2/c12-7-9-15(14-17)11(16)13-8-6-10-4-2-1-3-5-10/h10H,1-9H2,(H,13,16)/i11-1. The first-order valence-electron chi connectivity index (χ1n) is 6.22. The first-order chi connectivity index (χ1) is 8.27. The highest BCUT2D eigenvalue weighted by molar-refractivity contribution is 6.18. The number of nitrogens with one attached hydrogen (secondary N) is 1. The lowest BCUT2D eigenvalue weighted by Crippen LogP contribution is -2.38. The van der Waals surface area contributed by atoms with Gasteiger partial charge in [0.2, 0.25) is 0 Å². The minimum Gasteiger partial charge on any atom is -0.336 e. The van der Waals surface area contributed by atoms with Crippen molar-refractivity contribution >= 4 is 17.6 Å². The number of urea groups is 1. The number of alkyl halides is 1. The van der Waals surface area contributed by atoms with Gasteiger partial charge in [0, 0.05) is 12.4 Å². The molecule has 0 heterocycles. The molecule has 1 aliphatic rings. The predicted octanol–water partition coefficient (Wildman–Crippen LogP) is 2.89. The molecule has 6 heteroatoms. The van der Waals surface area contributed by atoms with Crippen molar-refractivity contribution < 1.29 is 4.79 Å².